The molecule has 37 heavy (non-hydrogen) atoms. The molecule has 0 saturated heterocycles. The molecule has 0 spiro atoms. The summed E-state index contributed by atoms with van der Waals surface area (Å²) in [4.78, 5) is 4.99. The highest BCUT2D eigenvalue weighted by atomic mass is 31.1. The molecular weight excluding hydrogens is 469 g/mol. The van der Waals surface area contributed by atoms with Gasteiger partial charge in [0.05, 0.1) is 6.04 Å². The Morgan fingerprint density at radius 2 is 1.30 bits per heavy atom. The van der Waals surface area contributed by atoms with Crippen LogP contribution in [0.4, 0.5) is 0 Å². The molecule has 2 nitrogen and oxygen atoms in total. The minimum Gasteiger partial charge on any atom is -0.475 e. The molecule has 5 aliphatic rings. The maximum Gasteiger partial charge on any atom is 0.216 e. The first-order valence-corrected chi connectivity index (χ1v) is 14.8. The predicted octanol–water partition coefficient (Wildman–Crippen LogP) is 6.13. The smallest absolute Gasteiger partial charge is 0.216 e. The van der Waals surface area contributed by atoms with Crippen LogP contribution < -0.4 is 15.9 Å². The lowest BCUT2D eigenvalue weighted by Crippen LogP contribution is -2.24. The number of hydrogen-bond acceptors (Lipinski definition) is 2. The van der Waals surface area contributed by atoms with E-state index < -0.39 is 7.92 Å². The summed E-state index contributed by atoms with van der Waals surface area (Å²) in [5.74, 6) is 1.34. The second-order valence-corrected chi connectivity index (χ2v) is 12.7. The van der Waals surface area contributed by atoms with Gasteiger partial charge >= 0.3 is 0 Å². The number of ether oxygens (including phenoxy) is 1. The molecule has 0 aromatic heterocycles. The minimum absolute atomic E-state index is 0.254. The molecule has 9 rings (SSSR count). The number of aryl methyl sites for hydroxylation is 4. The summed E-state index contributed by atoms with van der Waals surface area (Å²) in [6.45, 7) is 5.15. The van der Waals surface area contributed by atoms with E-state index in [1.54, 1.807) is 0 Å². The average Bonchev–Trinajstić information content (AvgIpc) is 3.43. The molecule has 1 atom stereocenters. The Bertz CT molecular complexity index is 1370. The molecule has 1 unspecified atom stereocenters. The second kappa shape index (κ2) is 10.6. The van der Waals surface area contributed by atoms with Crippen LogP contribution in [0.5, 0.6) is 0 Å². The van der Waals surface area contributed by atoms with E-state index in [2.05, 4.69) is 111 Å². The van der Waals surface area contributed by atoms with Gasteiger partial charge in [0, 0.05) is 5.56 Å². The monoisotopic (exact) mass is 503 g/mol. The van der Waals surface area contributed by atoms with Crippen LogP contribution in [-0.2, 0) is 30.4 Å². The largest absolute Gasteiger partial charge is 0.475 e. The van der Waals surface area contributed by atoms with Crippen molar-refractivity contribution < 1.29 is 4.74 Å². The van der Waals surface area contributed by atoms with Crippen molar-refractivity contribution in [3.8, 4) is 0 Å². The van der Waals surface area contributed by atoms with Gasteiger partial charge in [0.2, 0.25) is 5.90 Å². The summed E-state index contributed by atoms with van der Waals surface area (Å²) < 4.78 is 6.16. The van der Waals surface area contributed by atoms with Gasteiger partial charge in [-0.25, -0.2) is 4.99 Å². The van der Waals surface area contributed by atoms with Crippen molar-refractivity contribution in [2.75, 3.05) is 6.61 Å². The van der Waals surface area contributed by atoms with Crippen LogP contribution in [-0.4, -0.2) is 18.5 Å². The quantitative estimate of drug-likeness (QED) is 0.300. The van der Waals surface area contributed by atoms with E-state index in [1.165, 1.54) is 43.7 Å². The summed E-state index contributed by atoms with van der Waals surface area (Å²) in [6, 6.07) is 36.6. The summed E-state index contributed by atoms with van der Waals surface area (Å²) in [7, 11) is -0.634. The molecule has 4 aromatic carbocycles. The number of hydrogen-bond donors (Lipinski definition) is 0. The van der Waals surface area contributed by atoms with Gasteiger partial charge in [-0.05, 0) is 83.8 Å². The van der Waals surface area contributed by atoms with E-state index in [9.17, 15) is 0 Å². The minimum atomic E-state index is -0.634. The fourth-order valence-electron chi connectivity index (χ4n) is 5.40. The molecule has 4 bridgehead atoms. The van der Waals surface area contributed by atoms with Crippen LogP contribution in [0.1, 0.15) is 41.7 Å². The SMILES string of the molecule is CC(C)C1COC(c2cc3ccc2CCc2ccc(cc2P(c2ccccc2)c2ccccc2)CC3)=N1. The van der Waals surface area contributed by atoms with Crippen LogP contribution in [0.2, 0.25) is 0 Å². The number of aliphatic imine (C=N–C) groups is 1. The lowest BCUT2D eigenvalue weighted by atomic mass is 9.93. The zero-order chi connectivity index (χ0) is 25.2. The summed E-state index contributed by atoms with van der Waals surface area (Å²) in [5.41, 5.74) is 6.76. The Hall–Kier alpha value is -3.22. The van der Waals surface area contributed by atoms with Crippen molar-refractivity contribution in [3.05, 3.63) is 125 Å². The number of benzene rings is 4. The zero-order valence-electron chi connectivity index (χ0n) is 21.7. The van der Waals surface area contributed by atoms with Gasteiger partial charge in [-0.2, -0.15) is 0 Å². The summed E-state index contributed by atoms with van der Waals surface area (Å²) >= 11 is 0. The highest BCUT2D eigenvalue weighted by Crippen LogP contribution is 2.35. The highest BCUT2D eigenvalue weighted by molar-refractivity contribution is 7.79. The van der Waals surface area contributed by atoms with Gasteiger partial charge in [-0.15, -0.1) is 0 Å². The van der Waals surface area contributed by atoms with Crippen molar-refractivity contribution in [1.29, 1.82) is 0 Å². The van der Waals surface area contributed by atoms with Crippen LogP contribution in [0, 0.1) is 5.92 Å². The van der Waals surface area contributed by atoms with Gasteiger partial charge in [0.25, 0.3) is 0 Å². The van der Waals surface area contributed by atoms with Gasteiger partial charge < -0.3 is 4.74 Å². The van der Waals surface area contributed by atoms with E-state index in [1.807, 2.05) is 0 Å². The van der Waals surface area contributed by atoms with Crippen molar-refractivity contribution in [2.45, 2.75) is 45.6 Å². The van der Waals surface area contributed by atoms with Crippen LogP contribution in [0.15, 0.2) is 102 Å². The Morgan fingerprint density at radius 1 is 0.703 bits per heavy atom. The van der Waals surface area contributed by atoms with E-state index >= 15 is 0 Å². The average molecular weight is 504 g/mol. The van der Waals surface area contributed by atoms with Gasteiger partial charge in [0.1, 0.15) is 6.61 Å². The molecule has 3 heteroatoms. The molecule has 0 N–H and O–H groups in total. The normalized spacial score (nSPS) is 17.0. The Kier molecular flexibility index (Phi) is 6.94. The van der Waals surface area contributed by atoms with Crippen LogP contribution in [0.25, 0.3) is 0 Å². The van der Waals surface area contributed by atoms with E-state index in [4.69, 9.17) is 9.73 Å². The van der Waals surface area contributed by atoms with Crippen molar-refractivity contribution in [1.82, 2.24) is 0 Å². The third-order valence-corrected chi connectivity index (χ3v) is 10.2. The van der Waals surface area contributed by atoms with Gasteiger partial charge in [-0.3, -0.25) is 0 Å². The maximum atomic E-state index is 6.16. The highest BCUT2D eigenvalue weighted by Gasteiger charge is 2.25. The molecular formula is C34H34NOP. The lowest BCUT2D eigenvalue weighted by Gasteiger charge is -2.24. The molecule has 1 heterocycles. The first-order chi connectivity index (χ1) is 18.2. The topological polar surface area (TPSA) is 21.6 Å². The Balaban J connectivity index is 1.42. The van der Waals surface area contributed by atoms with Gasteiger partial charge in [0.15, 0.2) is 0 Å². The zero-order valence-corrected chi connectivity index (χ0v) is 22.6. The Morgan fingerprint density at radius 3 is 1.92 bits per heavy atom. The first kappa shape index (κ1) is 24.1. The lowest BCUT2D eigenvalue weighted by molar-refractivity contribution is 0.291. The molecule has 4 aromatic rings. The molecule has 4 aliphatic carbocycles. The van der Waals surface area contributed by atoms with Crippen molar-refractivity contribution in [3.63, 3.8) is 0 Å². The number of rotatable bonds is 5. The fourth-order valence-corrected chi connectivity index (χ4v) is 7.96. The summed E-state index contributed by atoms with van der Waals surface area (Å²) in [6.07, 6.45) is 4.02. The number of nitrogens with zero attached hydrogens (tertiary/aromatic N) is 1. The summed E-state index contributed by atoms with van der Waals surface area (Å²) in [5, 5.41) is 4.31. The van der Waals surface area contributed by atoms with E-state index in [-0.39, 0.29) is 6.04 Å². The van der Waals surface area contributed by atoms with Gasteiger partial charge in [-0.1, -0.05) is 105 Å². The third-order valence-electron chi connectivity index (χ3n) is 7.63. The molecule has 0 saturated carbocycles. The first-order valence-electron chi connectivity index (χ1n) is 13.5. The Labute approximate surface area is 222 Å². The third kappa shape index (κ3) is 5.13. The second-order valence-electron chi connectivity index (χ2n) is 10.5. The molecule has 0 fully saturated rings. The van der Waals surface area contributed by atoms with E-state index in [0.717, 1.165) is 31.6 Å². The standard InChI is InChI=1S/C34H34NOP/c1-24(2)32-23-36-34(35-32)31-21-25-13-14-26-16-18-28(20-19-27(31)17-15-25)33(22-26)37(29-9-5-3-6-10-29)30-11-7-4-8-12-30/h3-12,15-18,21-22,24,32H,13-14,19-20,23H2,1-2H3. The van der Waals surface area contributed by atoms with Crippen LogP contribution in [0.3, 0.4) is 0 Å². The molecule has 1 aliphatic heterocycles. The molecule has 0 radical (unpaired) electrons. The fraction of sp³-hybridized carbons (Fsp3) is 0.265. The molecule has 0 amide bonds. The van der Waals surface area contributed by atoms with Crippen molar-refractivity contribution in [2.24, 2.45) is 10.9 Å². The van der Waals surface area contributed by atoms with Crippen LogP contribution >= 0.6 is 7.92 Å². The van der Waals surface area contributed by atoms with Crippen molar-refractivity contribution >= 4 is 29.7 Å². The predicted molar refractivity (Wildman–Crippen MR) is 158 cm³/mol. The molecule has 186 valence electrons. The maximum absolute atomic E-state index is 6.16. The van der Waals surface area contributed by atoms with E-state index in [0.29, 0.717) is 12.5 Å².